The lowest BCUT2D eigenvalue weighted by atomic mass is 9.87. The zero-order valence-electron chi connectivity index (χ0n) is 14.5. The first kappa shape index (κ1) is 16.6. The molecule has 0 saturated carbocycles. The Kier molecular flexibility index (Phi) is 4.35. The zero-order valence-corrected chi connectivity index (χ0v) is 14.5. The van der Waals surface area contributed by atoms with Crippen molar-refractivity contribution in [2.24, 2.45) is 0 Å². The van der Waals surface area contributed by atoms with E-state index in [1.54, 1.807) is 0 Å². The molecule has 2 aromatic rings. The number of benzene rings is 2. The van der Waals surface area contributed by atoms with Crippen molar-refractivity contribution in [3.05, 3.63) is 59.7 Å². The van der Waals surface area contributed by atoms with Crippen LogP contribution in [-0.2, 0) is 10.8 Å². The number of anilines is 2. The predicted molar refractivity (Wildman–Crippen MR) is 94.2 cm³/mol. The fraction of sp³-hybridized carbons (Fsp3) is 0.400. The van der Waals surface area contributed by atoms with Crippen molar-refractivity contribution in [1.29, 1.82) is 0 Å². The van der Waals surface area contributed by atoms with Crippen molar-refractivity contribution in [2.45, 2.75) is 52.4 Å². The second-order valence-electron chi connectivity index (χ2n) is 7.91. The van der Waals surface area contributed by atoms with Crippen molar-refractivity contribution >= 4 is 11.4 Å². The minimum Gasteiger partial charge on any atom is -0.284 e. The summed E-state index contributed by atoms with van der Waals surface area (Å²) >= 11 is 0. The SMILES string of the molecule is CC(C)(C)c1ccc(N(O)c2ccc(C(C)(C)C)cc2)cc1. The van der Waals surface area contributed by atoms with Gasteiger partial charge in [0.05, 0.1) is 11.4 Å². The van der Waals surface area contributed by atoms with E-state index < -0.39 is 0 Å². The van der Waals surface area contributed by atoms with E-state index in [0.29, 0.717) is 0 Å². The van der Waals surface area contributed by atoms with Crippen LogP contribution in [0.4, 0.5) is 11.4 Å². The number of hydrogen-bond acceptors (Lipinski definition) is 2. The molecule has 2 aromatic carbocycles. The molecule has 22 heavy (non-hydrogen) atoms. The fourth-order valence-electron chi connectivity index (χ4n) is 2.35. The molecule has 0 aliphatic heterocycles. The maximum absolute atomic E-state index is 10.4. The van der Waals surface area contributed by atoms with Gasteiger partial charge in [0, 0.05) is 0 Å². The topological polar surface area (TPSA) is 23.5 Å². The Bertz CT molecular complexity index is 555. The van der Waals surface area contributed by atoms with Crippen LogP contribution in [0, 0.1) is 0 Å². The Hall–Kier alpha value is -1.80. The molecule has 0 atom stereocenters. The molecule has 0 spiro atoms. The summed E-state index contributed by atoms with van der Waals surface area (Å²) in [5.41, 5.74) is 4.30. The molecule has 0 aliphatic carbocycles. The van der Waals surface area contributed by atoms with Crippen LogP contribution in [0.15, 0.2) is 48.5 Å². The molecular formula is C20H27NO. The summed E-state index contributed by atoms with van der Waals surface area (Å²) in [6, 6.07) is 16.1. The van der Waals surface area contributed by atoms with Crippen LogP contribution in [0.1, 0.15) is 52.7 Å². The monoisotopic (exact) mass is 297 g/mol. The van der Waals surface area contributed by atoms with E-state index in [0.717, 1.165) is 11.4 Å². The highest BCUT2D eigenvalue weighted by molar-refractivity contribution is 5.61. The van der Waals surface area contributed by atoms with Gasteiger partial charge in [0.2, 0.25) is 0 Å². The highest BCUT2D eigenvalue weighted by Gasteiger charge is 2.16. The van der Waals surface area contributed by atoms with E-state index in [-0.39, 0.29) is 10.8 Å². The summed E-state index contributed by atoms with van der Waals surface area (Å²) in [6.45, 7) is 13.1. The lowest BCUT2D eigenvalue weighted by Gasteiger charge is -2.23. The van der Waals surface area contributed by atoms with Gasteiger partial charge in [0.25, 0.3) is 0 Å². The number of hydrogen-bond donors (Lipinski definition) is 1. The molecule has 0 saturated heterocycles. The molecule has 2 nitrogen and oxygen atoms in total. The van der Waals surface area contributed by atoms with Crippen molar-refractivity contribution in [2.75, 3.05) is 5.06 Å². The Morgan fingerprint density at radius 2 is 0.864 bits per heavy atom. The maximum atomic E-state index is 10.4. The van der Waals surface area contributed by atoms with Gasteiger partial charge in [-0.2, -0.15) is 0 Å². The van der Waals surface area contributed by atoms with E-state index >= 15 is 0 Å². The van der Waals surface area contributed by atoms with E-state index in [1.165, 1.54) is 16.2 Å². The average Bonchev–Trinajstić information content (AvgIpc) is 2.45. The molecule has 0 unspecified atom stereocenters. The van der Waals surface area contributed by atoms with E-state index in [1.807, 2.05) is 24.3 Å². The van der Waals surface area contributed by atoms with E-state index in [9.17, 15) is 5.21 Å². The highest BCUT2D eigenvalue weighted by atomic mass is 16.5. The second kappa shape index (κ2) is 5.77. The van der Waals surface area contributed by atoms with E-state index in [2.05, 4.69) is 65.8 Å². The van der Waals surface area contributed by atoms with Gasteiger partial charge in [-0.3, -0.25) is 5.21 Å². The van der Waals surface area contributed by atoms with Crippen molar-refractivity contribution in [1.82, 2.24) is 0 Å². The quantitative estimate of drug-likeness (QED) is 0.707. The lowest BCUT2D eigenvalue weighted by molar-refractivity contribution is 0.301. The molecular weight excluding hydrogens is 270 g/mol. The first-order valence-corrected chi connectivity index (χ1v) is 7.79. The summed E-state index contributed by atoms with van der Waals surface area (Å²) in [7, 11) is 0. The Balaban J connectivity index is 2.23. The van der Waals surface area contributed by atoms with E-state index in [4.69, 9.17) is 0 Å². The summed E-state index contributed by atoms with van der Waals surface area (Å²) in [5, 5.41) is 11.6. The summed E-state index contributed by atoms with van der Waals surface area (Å²) in [5.74, 6) is 0. The van der Waals surface area contributed by atoms with Crippen LogP contribution in [0.5, 0.6) is 0 Å². The van der Waals surface area contributed by atoms with Gasteiger partial charge in [-0.1, -0.05) is 65.8 Å². The fourth-order valence-corrected chi connectivity index (χ4v) is 2.35. The van der Waals surface area contributed by atoms with Gasteiger partial charge in [-0.05, 0) is 46.2 Å². The minimum absolute atomic E-state index is 0.118. The third kappa shape index (κ3) is 3.69. The van der Waals surface area contributed by atoms with Crippen LogP contribution in [0.2, 0.25) is 0 Å². The Morgan fingerprint density at radius 1 is 0.591 bits per heavy atom. The zero-order chi connectivity index (χ0) is 16.5. The highest BCUT2D eigenvalue weighted by Crippen LogP contribution is 2.29. The van der Waals surface area contributed by atoms with Gasteiger partial charge in [-0.15, -0.1) is 0 Å². The number of rotatable bonds is 2. The third-order valence-corrected chi connectivity index (χ3v) is 3.96. The van der Waals surface area contributed by atoms with Gasteiger partial charge in [0.1, 0.15) is 0 Å². The number of nitrogens with zero attached hydrogens (tertiary/aromatic N) is 1. The van der Waals surface area contributed by atoms with Crippen LogP contribution in [0.25, 0.3) is 0 Å². The van der Waals surface area contributed by atoms with Crippen LogP contribution in [0.3, 0.4) is 0 Å². The maximum Gasteiger partial charge on any atom is 0.0693 e. The molecule has 0 aliphatic rings. The molecule has 0 bridgehead atoms. The average molecular weight is 297 g/mol. The summed E-state index contributed by atoms with van der Waals surface area (Å²) in [6.07, 6.45) is 0. The van der Waals surface area contributed by atoms with Crippen molar-refractivity contribution in [3.8, 4) is 0 Å². The molecule has 0 radical (unpaired) electrons. The molecule has 0 fully saturated rings. The van der Waals surface area contributed by atoms with Crippen molar-refractivity contribution < 1.29 is 5.21 Å². The summed E-state index contributed by atoms with van der Waals surface area (Å²) < 4.78 is 0. The van der Waals surface area contributed by atoms with Crippen molar-refractivity contribution in [3.63, 3.8) is 0 Å². The minimum atomic E-state index is 0.118. The molecule has 118 valence electrons. The molecule has 2 rings (SSSR count). The second-order valence-corrected chi connectivity index (χ2v) is 7.91. The third-order valence-electron chi connectivity index (χ3n) is 3.96. The summed E-state index contributed by atoms with van der Waals surface area (Å²) in [4.78, 5) is 0. The van der Waals surface area contributed by atoms with Gasteiger partial charge < -0.3 is 0 Å². The first-order valence-electron chi connectivity index (χ1n) is 7.79. The molecule has 0 amide bonds. The van der Waals surface area contributed by atoms with Crippen LogP contribution < -0.4 is 5.06 Å². The normalized spacial score (nSPS) is 12.3. The first-order chi connectivity index (χ1) is 10.1. The molecule has 0 aromatic heterocycles. The van der Waals surface area contributed by atoms with Gasteiger partial charge in [-0.25, -0.2) is 5.06 Å². The molecule has 2 heteroatoms. The largest absolute Gasteiger partial charge is 0.284 e. The van der Waals surface area contributed by atoms with Crippen LogP contribution in [-0.4, -0.2) is 5.21 Å². The molecule has 0 heterocycles. The van der Waals surface area contributed by atoms with Gasteiger partial charge >= 0.3 is 0 Å². The smallest absolute Gasteiger partial charge is 0.0693 e. The lowest BCUT2D eigenvalue weighted by Crippen LogP contribution is -2.14. The van der Waals surface area contributed by atoms with Crippen LogP contribution >= 0.6 is 0 Å². The standard InChI is InChI=1S/C20H27NO/c1-19(2,3)15-7-11-17(12-8-15)21(22)18-13-9-16(10-14-18)20(4,5)6/h7-14,22H,1-6H3. The molecule has 1 N–H and O–H groups in total. The predicted octanol–water partition coefficient (Wildman–Crippen LogP) is 5.81. The Labute approximate surface area is 134 Å². The van der Waals surface area contributed by atoms with Gasteiger partial charge in [0.15, 0.2) is 0 Å². The Morgan fingerprint density at radius 3 is 1.09 bits per heavy atom.